The van der Waals surface area contributed by atoms with Crippen molar-refractivity contribution in [1.29, 1.82) is 0 Å². The predicted octanol–water partition coefficient (Wildman–Crippen LogP) is 2.91. The van der Waals surface area contributed by atoms with Crippen LogP contribution in [-0.2, 0) is 4.79 Å². The molecule has 1 aromatic carbocycles. The Kier molecular flexibility index (Phi) is 3.34. The van der Waals surface area contributed by atoms with Gasteiger partial charge in [-0.05, 0) is 30.7 Å². The average Bonchev–Trinajstić information content (AvgIpc) is 2.95. The maximum Gasteiger partial charge on any atom is 0.266 e. The lowest BCUT2D eigenvalue weighted by atomic mass is 10.2. The van der Waals surface area contributed by atoms with Crippen LogP contribution in [0.4, 0.5) is 0 Å². The number of carbonyl (C=O) groups is 1. The van der Waals surface area contributed by atoms with Crippen molar-refractivity contribution in [3.05, 3.63) is 28.7 Å². The molecule has 2 heterocycles. The first-order chi connectivity index (χ1) is 9.19. The van der Waals surface area contributed by atoms with Gasteiger partial charge in [-0.15, -0.1) is 0 Å². The van der Waals surface area contributed by atoms with Crippen LogP contribution in [0.25, 0.3) is 17.1 Å². The molecule has 1 amide bonds. The lowest BCUT2D eigenvalue weighted by Crippen LogP contribution is -2.27. The minimum absolute atomic E-state index is 0.0194. The van der Waals surface area contributed by atoms with E-state index in [4.69, 9.17) is 12.2 Å². The van der Waals surface area contributed by atoms with Crippen molar-refractivity contribution in [3.8, 4) is 0 Å². The number of hydrogen-bond donors (Lipinski definition) is 0. The first-order valence-electron chi connectivity index (χ1n) is 5.66. The van der Waals surface area contributed by atoms with Crippen LogP contribution < -0.4 is 0 Å². The van der Waals surface area contributed by atoms with Gasteiger partial charge >= 0.3 is 0 Å². The molecule has 0 spiro atoms. The highest BCUT2D eigenvalue weighted by Crippen LogP contribution is 2.32. The average molecular weight is 307 g/mol. The molecule has 0 N–H and O–H groups in total. The molecule has 1 aliphatic heterocycles. The minimum atomic E-state index is -0.0194. The summed E-state index contributed by atoms with van der Waals surface area (Å²) in [5.74, 6) is -0.0194. The number of carbonyl (C=O) groups excluding carboxylic acids is 1. The van der Waals surface area contributed by atoms with Crippen LogP contribution in [0.3, 0.4) is 0 Å². The monoisotopic (exact) mass is 307 g/mol. The number of likely N-dealkylation sites (N-methyl/N-ethyl adjacent to an activating group) is 1. The van der Waals surface area contributed by atoms with Crippen molar-refractivity contribution in [2.24, 2.45) is 0 Å². The van der Waals surface area contributed by atoms with Gasteiger partial charge in [-0.25, -0.2) is 0 Å². The number of benzene rings is 1. The number of hydrogen-bond acceptors (Lipinski definition) is 6. The van der Waals surface area contributed by atoms with E-state index in [2.05, 4.69) is 8.75 Å². The first kappa shape index (κ1) is 12.7. The third kappa shape index (κ3) is 2.29. The molecular formula is C12H9N3OS3. The number of fused-ring (bicyclic) bond motifs is 1. The zero-order valence-electron chi connectivity index (χ0n) is 9.99. The second kappa shape index (κ2) is 4.99. The van der Waals surface area contributed by atoms with Crippen molar-refractivity contribution in [3.63, 3.8) is 0 Å². The fraction of sp³-hybridized carbons (Fsp3) is 0.167. The topological polar surface area (TPSA) is 46.1 Å². The molecular weight excluding hydrogens is 298 g/mol. The molecule has 0 bridgehead atoms. The largest absolute Gasteiger partial charge is 0.293 e. The fourth-order valence-corrected chi connectivity index (χ4v) is 3.71. The number of nitrogens with zero attached hydrogens (tertiary/aromatic N) is 3. The third-order valence-corrected chi connectivity index (χ3v) is 4.70. The smallest absolute Gasteiger partial charge is 0.266 e. The molecule has 19 heavy (non-hydrogen) atoms. The zero-order chi connectivity index (χ0) is 13.4. The maximum absolute atomic E-state index is 12.1. The Morgan fingerprint density at radius 3 is 2.89 bits per heavy atom. The molecule has 0 unspecified atom stereocenters. The summed E-state index contributed by atoms with van der Waals surface area (Å²) in [6.07, 6.45) is 1.85. The van der Waals surface area contributed by atoms with Gasteiger partial charge in [0, 0.05) is 6.54 Å². The Balaban J connectivity index is 1.97. The predicted molar refractivity (Wildman–Crippen MR) is 83.0 cm³/mol. The SMILES string of the molecule is CCN1C(=O)/C(=C/c2ccc3nsnc3c2)SC1=S. The summed E-state index contributed by atoms with van der Waals surface area (Å²) in [5, 5.41) is 0. The summed E-state index contributed by atoms with van der Waals surface area (Å²) in [5.41, 5.74) is 2.67. The molecule has 1 fully saturated rings. The lowest BCUT2D eigenvalue weighted by molar-refractivity contribution is -0.121. The van der Waals surface area contributed by atoms with E-state index in [0.29, 0.717) is 15.8 Å². The Morgan fingerprint density at radius 2 is 2.16 bits per heavy atom. The molecule has 0 aliphatic carbocycles. The Hall–Kier alpha value is -1.31. The van der Waals surface area contributed by atoms with Crippen molar-refractivity contribution < 1.29 is 4.79 Å². The molecule has 1 aliphatic rings. The van der Waals surface area contributed by atoms with Crippen molar-refractivity contribution in [2.75, 3.05) is 6.54 Å². The minimum Gasteiger partial charge on any atom is -0.293 e. The third-order valence-electron chi connectivity index (χ3n) is 2.77. The first-order valence-corrected chi connectivity index (χ1v) is 7.62. The number of rotatable bonds is 2. The van der Waals surface area contributed by atoms with Crippen molar-refractivity contribution in [1.82, 2.24) is 13.6 Å². The van der Waals surface area contributed by atoms with Gasteiger partial charge in [-0.1, -0.05) is 30.0 Å². The van der Waals surface area contributed by atoms with Crippen LogP contribution in [0.2, 0.25) is 0 Å². The van der Waals surface area contributed by atoms with Crippen LogP contribution in [-0.4, -0.2) is 30.4 Å². The van der Waals surface area contributed by atoms with E-state index < -0.39 is 0 Å². The molecule has 0 radical (unpaired) electrons. The van der Waals surface area contributed by atoms with Gasteiger partial charge < -0.3 is 0 Å². The van der Waals surface area contributed by atoms with E-state index in [-0.39, 0.29) is 5.91 Å². The molecule has 1 aromatic heterocycles. The number of thiocarbonyl (C=S) groups is 1. The van der Waals surface area contributed by atoms with Crippen LogP contribution in [0.15, 0.2) is 23.1 Å². The van der Waals surface area contributed by atoms with Gasteiger partial charge in [0.05, 0.1) is 16.6 Å². The molecule has 7 heteroatoms. The van der Waals surface area contributed by atoms with Gasteiger partial charge in [0.25, 0.3) is 5.91 Å². The summed E-state index contributed by atoms with van der Waals surface area (Å²) in [7, 11) is 0. The highest BCUT2D eigenvalue weighted by molar-refractivity contribution is 8.26. The molecule has 0 atom stereocenters. The lowest BCUT2D eigenvalue weighted by Gasteiger charge is -2.09. The molecule has 4 nitrogen and oxygen atoms in total. The molecule has 0 saturated carbocycles. The van der Waals surface area contributed by atoms with Crippen LogP contribution in [0.1, 0.15) is 12.5 Å². The van der Waals surface area contributed by atoms with E-state index in [1.165, 1.54) is 23.5 Å². The van der Waals surface area contributed by atoms with Crippen LogP contribution >= 0.6 is 35.7 Å². The van der Waals surface area contributed by atoms with Crippen molar-refractivity contribution in [2.45, 2.75) is 6.92 Å². The van der Waals surface area contributed by atoms with Crippen LogP contribution in [0.5, 0.6) is 0 Å². The summed E-state index contributed by atoms with van der Waals surface area (Å²) >= 11 is 7.71. The highest BCUT2D eigenvalue weighted by atomic mass is 32.2. The number of thioether (sulfide) groups is 1. The van der Waals surface area contributed by atoms with E-state index in [0.717, 1.165) is 16.6 Å². The molecule has 3 rings (SSSR count). The Bertz CT molecular complexity index is 707. The second-order valence-corrected chi connectivity index (χ2v) is 6.14. The summed E-state index contributed by atoms with van der Waals surface area (Å²) in [6.45, 7) is 2.53. The van der Waals surface area contributed by atoms with Gasteiger partial charge in [0.1, 0.15) is 15.4 Å². The molecule has 1 saturated heterocycles. The molecule has 2 aromatic rings. The van der Waals surface area contributed by atoms with Gasteiger partial charge in [0.2, 0.25) is 0 Å². The summed E-state index contributed by atoms with van der Waals surface area (Å²) in [4.78, 5) is 14.4. The van der Waals surface area contributed by atoms with Crippen molar-refractivity contribution >= 4 is 63.0 Å². The van der Waals surface area contributed by atoms with Gasteiger partial charge in [0.15, 0.2) is 0 Å². The Morgan fingerprint density at radius 1 is 1.37 bits per heavy atom. The highest BCUT2D eigenvalue weighted by Gasteiger charge is 2.30. The van der Waals surface area contributed by atoms with Crippen LogP contribution in [0, 0.1) is 0 Å². The zero-order valence-corrected chi connectivity index (χ0v) is 12.4. The van der Waals surface area contributed by atoms with E-state index in [9.17, 15) is 4.79 Å². The number of amides is 1. The maximum atomic E-state index is 12.1. The van der Waals surface area contributed by atoms with Gasteiger partial charge in [-0.3, -0.25) is 9.69 Å². The quantitative estimate of drug-likeness (QED) is 0.630. The van der Waals surface area contributed by atoms with E-state index >= 15 is 0 Å². The van der Waals surface area contributed by atoms with Gasteiger partial charge in [-0.2, -0.15) is 8.75 Å². The summed E-state index contributed by atoms with van der Waals surface area (Å²) in [6, 6.07) is 5.77. The molecule has 96 valence electrons. The summed E-state index contributed by atoms with van der Waals surface area (Å²) < 4.78 is 8.97. The van der Waals surface area contributed by atoms with E-state index in [1.807, 2.05) is 31.2 Å². The van der Waals surface area contributed by atoms with E-state index in [1.54, 1.807) is 4.90 Å². The Labute approximate surface area is 123 Å². The standard InChI is InChI=1S/C12H9N3OS3/c1-2-15-11(16)10(18-12(15)17)6-7-3-4-8-9(5-7)14-19-13-8/h3-6H,2H2,1H3/b10-6-. The normalized spacial score (nSPS) is 17.9. The fourth-order valence-electron chi connectivity index (χ4n) is 1.81. The number of aromatic nitrogens is 2. The second-order valence-electron chi connectivity index (χ2n) is 3.94.